The van der Waals surface area contributed by atoms with Crippen molar-refractivity contribution in [2.24, 2.45) is 0 Å². The number of hydrogen-bond donors (Lipinski definition) is 0. The van der Waals surface area contributed by atoms with E-state index in [9.17, 15) is 4.79 Å². The molecule has 134 valence electrons. The summed E-state index contributed by atoms with van der Waals surface area (Å²) in [5, 5.41) is 3.39. The molecule has 0 saturated heterocycles. The lowest BCUT2D eigenvalue weighted by Crippen LogP contribution is -2.11. The summed E-state index contributed by atoms with van der Waals surface area (Å²) in [6.07, 6.45) is 0.0378. The fraction of sp³-hybridized carbons (Fsp3) is 0.158. The molecule has 2 aromatic carbocycles. The van der Waals surface area contributed by atoms with Crippen molar-refractivity contribution >= 4 is 40.5 Å². The van der Waals surface area contributed by atoms with Crippen LogP contribution in [-0.4, -0.2) is 17.6 Å². The summed E-state index contributed by atoms with van der Waals surface area (Å²) in [4.78, 5) is 16.7. The van der Waals surface area contributed by atoms with Crippen LogP contribution in [0.25, 0.3) is 10.6 Å². The SMILES string of the molecule is CCOc1ccccc1-c1nc(CC(=O)Oc2cc(Cl)ccc2Cl)cs1. The van der Waals surface area contributed by atoms with Gasteiger partial charge in [-0.1, -0.05) is 35.3 Å². The normalized spacial score (nSPS) is 10.6. The van der Waals surface area contributed by atoms with Gasteiger partial charge in [-0.15, -0.1) is 11.3 Å². The highest BCUT2D eigenvalue weighted by Gasteiger charge is 2.14. The monoisotopic (exact) mass is 407 g/mol. The molecule has 0 radical (unpaired) electrons. The predicted molar refractivity (Wildman–Crippen MR) is 105 cm³/mol. The Morgan fingerprint density at radius 1 is 1.15 bits per heavy atom. The first-order valence-electron chi connectivity index (χ1n) is 7.89. The van der Waals surface area contributed by atoms with Crippen LogP contribution < -0.4 is 9.47 Å². The van der Waals surface area contributed by atoms with E-state index >= 15 is 0 Å². The largest absolute Gasteiger partial charge is 0.493 e. The molecule has 0 spiro atoms. The molecule has 0 unspecified atom stereocenters. The van der Waals surface area contributed by atoms with Gasteiger partial charge in [-0.05, 0) is 31.2 Å². The zero-order valence-corrected chi connectivity index (χ0v) is 16.2. The van der Waals surface area contributed by atoms with Crippen molar-refractivity contribution in [2.75, 3.05) is 6.61 Å². The van der Waals surface area contributed by atoms with E-state index in [4.69, 9.17) is 32.7 Å². The summed E-state index contributed by atoms with van der Waals surface area (Å²) in [6.45, 7) is 2.50. The topological polar surface area (TPSA) is 48.4 Å². The van der Waals surface area contributed by atoms with Crippen LogP contribution in [0.1, 0.15) is 12.6 Å². The highest BCUT2D eigenvalue weighted by atomic mass is 35.5. The maximum Gasteiger partial charge on any atom is 0.317 e. The smallest absolute Gasteiger partial charge is 0.317 e. The Hall–Kier alpha value is -2.08. The molecule has 0 aliphatic rings. The third kappa shape index (κ3) is 4.55. The molecule has 0 N–H and O–H groups in total. The number of carbonyl (C=O) groups is 1. The van der Waals surface area contributed by atoms with Crippen LogP contribution in [0.5, 0.6) is 11.5 Å². The number of aromatic nitrogens is 1. The van der Waals surface area contributed by atoms with Crippen LogP contribution in [0.15, 0.2) is 47.8 Å². The molecule has 26 heavy (non-hydrogen) atoms. The second kappa shape index (κ2) is 8.54. The van der Waals surface area contributed by atoms with Crippen molar-refractivity contribution in [2.45, 2.75) is 13.3 Å². The number of ether oxygens (including phenoxy) is 2. The molecule has 0 fully saturated rings. The van der Waals surface area contributed by atoms with Crippen LogP contribution in [0, 0.1) is 0 Å². The Balaban J connectivity index is 1.72. The van der Waals surface area contributed by atoms with Gasteiger partial charge >= 0.3 is 5.97 Å². The number of halogens is 2. The van der Waals surface area contributed by atoms with Gasteiger partial charge in [-0.25, -0.2) is 4.98 Å². The van der Waals surface area contributed by atoms with Crippen molar-refractivity contribution in [3.63, 3.8) is 0 Å². The molecule has 4 nitrogen and oxygen atoms in total. The summed E-state index contributed by atoms with van der Waals surface area (Å²) < 4.78 is 10.9. The number of hydrogen-bond acceptors (Lipinski definition) is 5. The lowest BCUT2D eigenvalue weighted by molar-refractivity contribution is -0.133. The molecule has 0 atom stereocenters. The molecule has 0 saturated carbocycles. The van der Waals surface area contributed by atoms with E-state index in [1.54, 1.807) is 12.1 Å². The number of esters is 1. The fourth-order valence-electron chi connectivity index (χ4n) is 2.30. The van der Waals surface area contributed by atoms with Crippen LogP contribution in [0.4, 0.5) is 0 Å². The van der Waals surface area contributed by atoms with Crippen molar-refractivity contribution in [3.8, 4) is 22.1 Å². The number of benzene rings is 2. The van der Waals surface area contributed by atoms with E-state index in [0.717, 1.165) is 16.3 Å². The van der Waals surface area contributed by atoms with Gasteiger partial charge in [0.2, 0.25) is 0 Å². The Labute approximate surface area is 165 Å². The summed E-state index contributed by atoms with van der Waals surface area (Å²) in [5.41, 5.74) is 1.52. The zero-order valence-electron chi connectivity index (χ0n) is 13.9. The van der Waals surface area contributed by atoms with Crippen LogP contribution in [-0.2, 0) is 11.2 Å². The lowest BCUT2D eigenvalue weighted by atomic mass is 10.2. The van der Waals surface area contributed by atoms with Gasteiger partial charge < -0.3 is 9.47 Å². The molecule has 0 amide bonds. The summed E-state index contributed by atoms with van der Waals surface area (Å²) >= 11 is 13.4. The van der Waals surface area contributed by atoms with E-state index in [0.29, 0.717) is 22.3 Å². The first-order chi connectivity index (χ1) is 12.6. The average Bonchev–Trinajstić information content (AvgIpc) is 3.07. The summed E-state index contributed by atoms with van der Waals surface area (Å²) in [6, 6.07) is 12.4. The molecule has 7 heteroatoms. The van der Waals surface area contributed by atoms with Gasteiger partial charge in [0.05, 0.1) is 29.3 Å². The molecule has 1 aromatic heterocycles. The maximum atomic E-state index is 12.2. The van der Waals surface area contributed by atoms with Gasteiger partial charge in [0.1, 0.15) is 10.8 Å². The standard InChI is InChI=1S/C19H15Cl2NO3S/c1-2-24-16-6-4-3-5-14(16)19-22-13(11-26-19)10-18(23)25-17-9-12(20)7-8-15(17)21/h3-9,11H,2,10H2,1H3. The van der Waals surface area contributed by atoms with Gasteiger partial charge in [-0.2, -0.15) is 0 Å². The Morgan fingerprint density at radius 2 is 1.96 bits per heavy atom. The molecule has 3 aromatic rings. The van der Waals surface area contributed by atoms with Crippen LogP contribution in [0.3, 0.4) is 0 Å². The zero-order chi connectivity index (χ0) is 18.5. The first kappa shape index (κ1) is 18.7. The lowest BCUT2D eigenvalue weighted by Gasteiger charge is -2.07. The Kier molecular flexibility index (Phi) is 6.14. The summed E-state index contributed by atoms with van der Waals surface area (Å²) in [7, 11) is 0. The molecular formula is C19H15Cl2NO3S. The number of rotatable bonds is 6. The molecule has 3 rings (SSSR count). The van der Waals surface area contributed by atoms with Crippen molar-refractivity contribution in [1.29, 1.82) is 0 Å². The second-order valence-electron chi connectivity index (χ2n) is 5.30. The van der Waals surface area contributed by atoms with Crippen molar-refractivity contribution in [3.05, 3.63) is 63.6 Å². The molecule has 0 aliphatic heterocycles. The van der Waals surface area contributed by atoms with E-state index in [-0.39, 0.29) is 12.2 Å². The predicted octanol–water partition coefficient (Wildman–Crippen LogP) is 5.66. The first-order valence-corrected chi connectivity index (χ1v) is 9.52. The molecule has 0 aliphatic carbocycles. The number of carbonyl (C=O) groups excluding carboxylic acids is 1. The Morgan fingerprint density at radius 3 is 2.77 bits per heavy atom. The molecule has 1 heterocycles. The molecule has 0 bridgehead atoms. The minimum Gasteiger partial charge on any atom is -0.493 e. The van der Waals surface area contributed by atoms with Gasteiger partial charge in [-0.3, -0.25) is 4.79 Å². The van der Waals surface area contributed by atoms with Gasteiger partial charge in [0.15, 0.2) is 5.75 Å². The summed E-state index contributed by atoms with van der Waals surface area (Å²) in [5.74, 6) is 0.551. The highest BCUT2D eigenvalue weighted by Crippen LogP contribution is 2.32. The van der Waals surface area contributed by atoms with Crippen LogP contribution in [0.2, 0.25) is 10.0 Å². The number of thiazole rings is 1. The van der Waals surface area contributed by atoms with Crippen LogP contribution >= 0.6 is 34.5 Å². The minimum absolute atomic E-state index is 0.0378. The van der Waals surface area contributed by atoms with E-state index in [1.807, 2.05) is 36.6 Å². The third-order valence-electron chi connectivity index (χ3n) is 3.41. The average molecular weight is 408 g/mol. The second-order valence-corrected chi connectivity index (χ2v) is 7.00. The maximum absolute atomic E-state index is 12.2. The van der Waals surface area contributed by atoms with Crippen molar-refractivity contribution in [1.82, 2.24) is 4.98 Å². The number of para-hydroxylation sites is 1. The van der Waals surface area contributed by atoms with E-state index < -0.39 is 5.97 Å². The Bertz CT molecular complexity index is 927. The molecular weight excluding hydrogens is 393 g/mol. The van der Waals surface area contributed by atoms with E-state index in [1.165, 1.54) is 17.4 Å². The quantitative estimate of drug-likeness (QED) is 0.390. The van der Waals surface area contributed by atoms with E-state index in [2.05, 4.69) is 4.98 Å². The van der Waals surface area contributed by atoms with Crippen molar-refractivity contribution < 1.29 is 14.3 Å². The highest BCUT2D eigenvalue weighted by molar-refractivity contribution is 7.13. The third-order valence-corrected chi connectivity index (χ3v) is 4.88. The number of nitrogens with zero attached hydrogens (tertiary/aromatic N) is 1. The van der Waals surface area contributed by atoms with Gasteiger partial charge in [0, 0.05) is 16.5 Å². The van der Waals surface area contributed by atoms with Gasteiger partial charge in [0.25, 0.3) is 0 Å². The minimum atomic E-state index is -0.455. The fourth-order valence-corrected chi connectivity index (χ4v) is 3.47.